The maximum Gasteiger partial charge on any atom is 0.157 e. The molecule has 0 radical (unpaired) electrons. The Morgan fingerprint density at radius 3 is 2.89 bits per heavy atom. The fourth-order valence-corrected chi connectivity index (χ4v) is 1.93. The molecule has 1 rings (SSSR count). The summed E-state index contributed by atoms with van der Waals surface area (Å²) >= 11 is 0. The Hall–Kier alpha value is -1.55. The van der Waals surface area contributed by atoms with Crippen LogP contribution in [0.1, 0.15) is 31.7 Å². The van der Waals surface area contributed by atoms with E-state index in [2.05, 4.69) is 12.2 Å². The number of hydrogen-bond donors (Lipinski definition) is 2. The molecule has 106 valence electrons. The zero-order valence-corrected chi connectivity index (χ0v) is 11.7. The molecule has 1 aromatic rings. The van der Waals surface area contributed by atoms with Crippen molar-refractivity contribution in [2.45, 2.75) is 32.6 Å². The van der Waals surface area contributed by atoms with Crippen molar-refractivity contribution in [3.8, 4) is 5.75 Å². The molecule has 0 unspecified atom stereocenters. The van der Waals surface area contributed by atoms with Gasteiger partial charge >= 0.3 is 0 Å². The lowest BCUT2D eigenvalue weighted by Gasteiger charge is -2.10. The summed E-state index contributed by atoms with van der Waals surface area (Å²) in [5, 5.41) is 3.38. The molecule has 0 amide bonds. The summed E-state index contributed by atoms with van der Waals surface area (Å²) in [6, 6.07) is 5.57. The van der Waals surface area contributed by atoms with Gasteiger partial charge in [0, 0.05) is 5.69 Å². The largest absolute Gasteiger partial charge is 0.486 e. The van der Waals surface area contributed by atoms with Crippen molar-refractivity contribution in [2.24, 2.45) is 0 Å². The molecular formula is C15H24N2O2. The van der Waals surface area contributed by atoms with Crippen molar-refractivity contribution in [2.75, 3.05) is 25.4 Å². The number of rotatable bonds is 10. The van der Waals surface area contributed by atoms with Crippen molar-refractivity contribution in [3.63, 3.8) is 0 Å². The first kappa shape index (κ1) is 15.5. The molecule has 0 saturated heterocycles. The van der Waals surface area contributed by atoms with Crippen molar-refractivity contribution < 1.29 is 9.53 Å². The number of carbonyl (C=O) groups excluding carboxylic acids is 1. The minimum absolute atomic E-state index is 0.0922. The second kappa shape index (κ2) is 9.39. The van der Waals surface area contributed by atoms with Gasteiger partial charge < -0.3 is 15.8 Å². The molecule has 0 aliphatic carbocycles. The number of aryl methyl sites for hydroxylation is 1. The molecule has 1 aromatic carbocycles. The number of ether oxygens (including phenoxy) is 1. The molecule has 0 fully saturated rings. The molecule has 0 atom stereocenters. The molecule has 4 heteroatoms. The number of aldehydes is 1. The van der Waals surface area contributed by atoms with Crippen molar-refractivity contribution in [1.82, 2.24) is 5.32 Å². The average Bonchev–Trinajstić information content (AvgIpc) is 2.42. The third-order valence-electron chi connectivity index (χ3n) is 2.87. The fourth-order valence-electron chi connectivity index (χ4n) is 1.93. The van der Waals surface area contributed by atoms with Gasteiger partial charge in [0.15, 0.2) is 6.29 Å². The SMILES string of the molecule is CCCNCCCCc1cc(N)ccc1OCC=O. The maximum atomic E-state index is 10.4. The normalized spacial score (nSPS) is 10.4. The lowest BCUT2D eigenvalue weighted by atomic mass is 10.1. The Balaban J connectivity index is 2.41. The van der Waals surface area contributed by atoms with Gasteiger partial charge in [-0.05, 0) is 62.5 Å². The van der Waals surface area contributed by atoms with E-state index in [1.54, 1.807) is 6.07 Å². The van der Waals surface area contributed by atoms with Gasteiger partial charge in [-0.2, -0.15) is 0 Å². The first-order chi connectivity index (χ1) is 9.27. The molecule has 0 bridgehead atoms. The molecule has 0 spiro atoms. The Morgan fingerprint density at radius 2 is 2.16 bits per heavy atom. The summed E-state index contributed by atoms with van der Waals surface area (Å²) in [5.74, 6) is 0.766. The van der Waals surface area contributed by atoms with Gasteiger partial charge in [0.1, 0.15) is 12.4 Å². The molecule has 0 aliphatic rings. The van der Waals surface area contributed by atoms with Gasteiger partial charge in [-0.25, -0.2) is 0 Å². The minimum Gasteiger partial charge on any atom is -0.486 e. The number of nitrogens with two attached hydrogens (primary N) is 1. The molecule has 0 aromatic heterocycles. The zero-order chi connectivity index (χ0) is 13.9. The highest BCUT2D eigenvalue weighted by Crippen LogP contribution is 2.23. The van der Waals surface area contributed by atoms with Gasteiger partial charge in [0.2, 0.25) is 0 Å². The molecule has 19 heavy (non-hydrogen) atoms. The van der Waals surface area contributed by atoms with E-state index in [0.29, 0.717) is 0 Å². The van der Waals surface area contributed by atoms with Gasteiger partial charge in [0.05, 0.1) is 0 Å². The van der Waals surface area contributed by atoms with Crippen molar-refractivity contribution >= 4 is 12.0 Å². The van der Waals surface area contributed by atoms with Crippen LogP contribution in [0.5, 0.6) is 5.75 Å². The van der Waals surface area contributed by atoms with Crippen LogP contribution in [-0.2, 0) is 11.2 Å². The second-order valence-electron chi connectivity index (χ2n) is 4.55. The third kappa shape index (κ3) is 6.25. The average molecular weight is 264 g/mol. The Morgan fingerprint density at radius 1 is 1.32 bits per heavy atom. The van der Waals surface area contributed by atoms with Crippen LogP contribution < -0.4 is 15.8 Å². The Bertz CT molecular complexity index is 380. The molecule has 0 aliphatic heterocycles. The van der Waals surface area contributed by atoms with Gasteiger partial charge in [-0.15, -0.1) is 0 Å². The molecule has 0 saturated carbocycles. The summed E-state index contributed by atoms with van der Waals surface area (Å²) in [4.78, 5) is 10.4. The number of unbranched alkanes of at least 4 members (excludes halogenated alkanes) is 1. The highest BCUT2D eigenvalue weighted by molar-refractivity contribution is 5.53. The first-order valence-electron chi connectivity index (χ1n) is 6.93. The number of nitrogens with one attached hydrogen (secondary N) is 1. The topological polar surface area (TPSA) is 64.3 Å². The van der Waals surface area contributed by atoms with Crippen LogP contribution in [0.4, 0.5) is 5.69 Å². The number of carbonyl (C=O) groups is 1. The summed E-state index contributed by atoms with van der Waals surface area (Å²) in [6.45, 7) is 4.37. The van der Waals surface area contributed by atoms with Gasteiger partial charge in [-0.3, -0.25) is 4.79 Å². The van der Waals surface area contributed by atoms with Crippen LogP contribution >= 0.6 is 0 Å². The predicted molar refractivity (Wildman–Crippen MR) is 78.5 cm³/mol. The third-order valence-corrected chi connectivity index (χ3v) is 2.87. The van der Waals surface area contributed by atoms with Crippen molar-refractivity contribution in [3.05, 3.63) is 23.8 Å². The van der Waals surface area contributed by atoms with Gasteiger partial charge in [0.25, 0.3) is 0 Å². The van der Waals surface area contributed by atoms with E-state index in [4.69, 9.17) is 10.5 Å². The predicted octanol–water partition coefficient (Wildman–Crippen LogP) is 2.17. The van der Waals surface area contributed by atoms with Crippen LogP contribution in [0.25, 0.3) is 0 Å². The summed E-state index contributed by atoms with van der Waals surface area (Å²) in [5.41, 5.74) is 7.60. The van der Waals surface area contributed by atoms with E-state index < -0.39 is 0 Å². The number of hydrogen-bond acceptors (Lipinski definition) is 4. The lowest BCUT2D eigenvalue weighted by Crippen LogP contribution is -2.15. The lowest BCUT2D eigenvalue weighted by molar-refractivity contribution is -0.109. The Kier molecular flexibility index (Phi) is 7.66. The van der Waals surface area contributed by atoms with E-state index in [1.165, 1.54) is 6.42 Å². The molecule has 3 N–H and O–H groups in total. The number of anilines is 1. The smallest absolute Gasteiger partial charge is 0.157 e. The quantitative estimate of drug-likeness (QED) is 0.386. The van der Waals surface area contributed by atoms with Gasteiger partial charge in [-0.1, -0.05) is 6.92 Å². The van der Waals surface area contributed by atoms with E-state index >= 15 is 0 Å². The van der Waals surface area contributed by atoms with E-state index in [-0.39, 0.29) is 6.61 Å². The van der Waals surface area contributed by atoms with E-state index in [1.807, 2.05) is 12.1 Å². The van der Waals surface area contributed by atoms with Crippen LogP contribution in [0.3, 0.4) is 0 Å². The van der Waals surface area contributed by atoms with Crippen LogP contribution in [-0.4, -0.2) is 26.0 Å². The second-order valence-corrected chi connectivity index (χ2v) is 4.55. The van der Waals surface area contributed by atoms with E-state index in [0.717, 1.165) is 55.6 Å². The molecule has 4 nitrogen and oxygen atoms in total. The van der Waals surface area contributed by atoms with Crippen molar-refractivity contribution in [1.29, 1.82) is 0 Å². The summed E-state index contributed by atoms with van der Waals surface area (Å²) in [6.07, 6.45) is 5.06. The van der Waals surface area contributed by atoms with Crippen LogP contribution in [0.15, 0.2) is 18.2 Å². The fraction of sp³-hybridized carbons (Fsp3) is 0.533. The first-order valence-corrected chi connectivity index (χ1v) is 6.93. The summed E-state index contributed by atoms with van der Waals surface area (Å²) in [7, 11) is 0. The highest BCUT2D eigenvalue weighted by Gasteiger charge is 2.04. The van der Waals surface area contributed by atoms with Crippen LogP contribution in [0, 0.1) is 0 Å². The highest BCUT2D eigenvalue weighted by atomic mass is 16.5. The molecule has 0 heterocycles. The standard InChI is InChI=1S/C15H24N2O2/c1-2-8-17-9-4-3-5-13-12-14(16)6-7-15(13)19-11-10-18/h6-7,10,12,17H,2-5,8-9,11,16H2,1H3. The number of benzene rings is 1. The maximum absolute atomic E-state index is 10.4. The molecular weight excluding hydrogens is 240 g/mol. The monoisotopic (exact) mass is 264 g/mol. The minimum atomic E-state index is 0.0922. The number of nitrogen functional groups attached to an aromatic ring is 1. The summed E-state index contributed by atoms with van der Waals surface area (Å²) < 4.78 is 5.40. The Labute approximate surface area is 115 Å². The van der Waals surface area contributed by atoms with Crippen LogP contribution in [0.2, 0.25) is 0 Å². The zero-order valence-electron chi connectivity index (χ0n) is 11.7. The van der Waals surface area contributed by atoms with E-state index in [9.17, 15) is 4.79 Å².